The molecule has 0 aromatic carbocycles. The Morgan fingerprint density at radius 2 is 1.87 bits per heavy atom. The van der Waals surface area contributed by atoms with Crippen LogP contribution in [0, 0.1) is 11.3 Å². The van der Waals surface area contributed by atoms with Crippen molar-refractivity contribution in [1.82, 2.24) is 10.6 Å². The minimum Gasteiger partial charge on any atom is -0.444 e. The molecule has 5 heteroatoms. The van der Waals surface area contributed by atoms with E-state index in [1.807, 2.05) is 20.8 Å². The largest absolute Gasteiger partial charge is 0.444 e. The third-order valence-electron chi connectivity index (χ3n) is 4.44. The number of carbonyl (C=O) groups is 1. The molecule has 0 aliphatic heterocycles. The van der Waals surface area contributed by atoms with E-state index in [9.17, 15) is 9.90 Å². The molecule has 3 unspecified atom stereocenters. The summed E-state index contributed by atoms with van der Waals surface area (Å²) in [5.41, 5.74) is -0.357. The average molecular weight is 328 g/mol. The second kappa shape index (κ2) is 8.34. The maximum absolute atomic E-state index is 11.8. The van der Waals surface area contributed by atoms with Crippen LogP contribution in [0.4, 0.5) is 4.79 Å². The maximum Gasteiger partial charge on any atom is 0.407 e. The van der Waals surface area contributed by atoms with Crippen molar-refractivity contribution in [2.24, 2.45) is 11.3 Å². The van der Waals surface area contributed by atoms with Gasteiger partial charge in [-0.25, -0.2) is 4.79 Å². The highest BCUT2D eigenvalue weighted by Gasteiger charge is 2.33. The predicted molar refractivity (Wildman–Crippen MR) is 93.4 cm³/mol. The van der Waals surface area contributed by atoms with Crippen LogP contribution in [-0.4, -0.2) is 42.0 Å². The van der Waals surface area contributed by atoms with Crippen molar-refractivity contribution < 1.29 is 14.6 Å². The number of carbonyl (C=O) groups excluding carboxylic acids is 1. The summed E-state index contributed by atoms with van der Waals surface area (Å²) in [6.45, 7) is 13.0. The van der Waals surface area contributed by atoms with Crippen molar-refractivity contribution in [3.05, 3.63) is 0 Å². The number of aliphatic hydroxyl groups excluding tert-OH is 1. The maximum atomic E-state index is 11.8. The van der Waals surface area contributed by atoms with Crippen LogP contribution in [0.15, 0.2) is 0 Å². The Morgan fingerprint density at radius 3 is 2.39 bits per heavy atom. The average Bonchev–Trinajstić information content (AvgIpc) is 2.80. The minimum atomic E-state index is -0.462. The van der Waals surface area contributed by atoms with Gasteiger partial charge in [0.1, 0.15) is 5.60 Å². The van der Waals surface area contributed by atoms with Crippen LogP contribution >= 0.6 is 0 Å². The van der Waals surface area contributed by atoms with E-state index >= 15 is 0 Å². The van der Waals surface area contributed by atoms with Gasteiger partial charge in [-0.2, -0.15) is 0 Å². The lowest BCUT2D eigenvalue weighted by Crippen LogP contribution is -2.49. The summed E-state index contributed by atoms with van der Waals surface area (Å²) >= 11 is 0. The van der Waals surface area contributed by atoms with Crippen molar-refractivity contribution in [2.45, 2.75) is 84.9 Å². The fraction of sp³-hybridized carbons (Fsp3) is 0.944. The Morgan fingerprint density at radius 1 is 1.22 bits per heavy atom. The molecular weight excluding hydrogens is 292 g/mol. The molecule has 3 N–H and O–H groups in total. The second-order valence-corrected chi connectivity index (χ2v) is 8.78. The Balaban J connectivity index is 2.51. The topological polar surface area (TPSA) is 70.6 Å². The first kappa shape index (κ1) is 20.2. The van der Waals surface area contributed by atoms with Gasteiger partial charge in [-0.3, -0.25) is 0 Å². The summed E-state index contributed by atoms with van der Waals surface area (Å²) in [5, 5.41) is 15.9. The first-order valence-corrected chi connectivity index (χ1v) is 8.86. The van der Waals surface area contributed by atoms with Crippen LogP contribution in [-0.2, 0) is 4.74 Å². The summed E-state index contributed by atoms with van der Waals surface area (Å²) in [7, 11) is 0. The van der Waals surface area contributed by atoms with E-state index in [-0.39, 0.29) is 24.2 Å². The minimum absolute atomic E-state index is 0.106. The van der Waals surface area contributed by atoms with Gasteiger partial charge in [-0.05, 0) is 51.4 Å². The molecule has 0 aromatic heterocycles. The van der Waals surface area contributed by atoms with Gasteiger partial charge in [0, 0.05) is 25.2 Å². The zero-order valence-corrected chi connectivity index (χ0v) is 15.7. The van der Waals surface area contributed by atoms with Gasteiger partial charge in [0.05, 0.1) is 0 Å². The van der Waals surface area contributed by atoms with E-state index in [0.29, 0.717) is 18.5 Å². The molecule has 0 heterocycles. The number of ether oxygens (including phenoxy) is 1. The number of aliphatic hydroxyl groups is 1. The highest BCUT2D eigenvalue weighted by Crippen LogP contribution is 2.29. The summed E-state index contributed by atoms with van der Waals surface area (Å²) in [5.74, 6) is 0.422. The summed E-state index contributed by atoms with van der Waals surface area (Å²) in [4.78, 5) is 11.8. The molecule has 0 saturated heterocycles. The molecule has 0 radical (unpaired) electrons. The first-order valence-electron chi connectivity index (χ1n) is 8.86. The normalized spacial score (nSPS) is 23.6. The van der Waals surface area contributed by atoms with Crippen molar-refractivity contribution in [3.8, 4) is 0 Å². The molecule has 136 valence electrons. The fourth-order valence-corrected chi connectivity index (χ4v) is 3.18. The molecule has 0 aromatic rings. The molecule has 1 fully saturated rings. The third kappa shape index (κ3) is 7.53. The van der Waals surface area contributed by atoms with E-state index in [0.717, 1.165) is 19.3 Å². The molecule has 1 amide bonds. The van der Waals surface area contributed by atoms with Crippen LogP contribution in [0.1, 0.15) is 67.2 Å². The van der Waals surface area contributed by atoms with E-state index in [4.69, 9.17) is 4.74 Å². The van der Waals surface area contributed by atoms with E-state index in [1.54, 1.807) is 0 Å². The number of amides is 1. The number of hydrogen-bond acceptors (Lipinski definition) is 4. The van der Waals surface area contributed by atoms with Gasteiger partial charge in [0.2, 0.25) is 0 Å². The first-order chi connectivity index (χ1) is 10.5. The molecule has 3 atom stereocenters. The number of alkyl carbamates (subject to hydrolysis) is 1. The van der Waals surface area contributed by atoms with Crippen LogP contribution in [0.25, 0.3) is 0 Å². The highest BCUT2D eigenvalue weighted by atomic mass is 16.6. The Kier molecular flexibility index (Phi) is 7.33. The SMILES string of the molecule is CC(C)(C)OC(=O)NCC1CCCC1NC(CCO)C(C)(C)C. The molecule has 0 bridgehead atoms. The summed E-state index contributed by atoms with van der Waals surface area (Å²) < 4.78 is 5.30. The van der Waals surface area contributed by atoms with Crippen LogP contribution in [0.5, 0.6) is 0 Å². The fourth-order valence-electron chi connectivity index (χ4n) is 3.18. The number of nitrogens with one attached hydrogen (secondary N) is 2. The van der Waals surface area contributed by atoms with Crippen LogP contribution in [0.3, 0.4) is 0 Å². The quantitative estimate of drug-likeness (QED) is 0.701. The standard InChI is InChI=1S/C18H36N2O3/c1-17(2,3)15(10-11-21)20-14-9-7-8-13(14)12-19-16(22)23-18(4,5)6/h13-15,20-21H,7-12H2,1-6H3,(H,19,22). The van der Waals surface area contributed by atoms with Gasteiger partial charge in [-0.15, -0.1) is 0 Å². The molecule has 0 spiro atoms. The highest BCUT2D eigenvalue weighted by molar-refractivity contribution is 5.67. The molecule has 1 aliphatic carbocycles. The monoisotopic (exact) mass is 328 g/mol. The predicted octanol–water partition coefficient (Wildman–Crippen LogP) is 3.07. The van der Waals surface area contributed by atoms with Crippen molar-refractivity contribution in [2.75, 3.05) is 13.2 Å². The van der Waals surface area contributed by atoms with Crippen molar-refractivity contribution in [1.29, 1.82) is 0 Å². The van der Waals surface area contributed by atoms with E-state index in [2.05, 4.69) is 31.4 Å². The Hall–Kier alpha value is -0.810. The smallest absolute Gasteiger partial charge is 0.407 e. The second-order valence-electron chi connectivity index (χ2n) is 8.78. The van der Waals surface area contributed by atoms with E-state index in [1.165, 1.54) is 6.42 Å². The summed E-state index contributed by atoms with van der Waals surface area (Å²) in [6.07, 6.45) is 3.83. The zero-order valence-electron chi connectivity index (χ0n) is 15.7. The van der Waals surface area contributed by atoms with Crippen molar-refractivity contribution in [3.63, 3.8) is 0 Å². The van der Waals surface area contributed by atoms with Gasteiger partial charge >= 0.3 is 6.09 Å². The zero-order chi connectivity index (χ0) is 17.7. The lowest BCUT2D eigenvalue weighted by molar-refractivity contribution is 0.0516. The molecule has 1 aliphatic rings. The van der Waals surface area contributed by atoms with Crippen LogP contribution in [0.2, 0.25) is 0 Å². The molecule has 23 heavy (non-hydrogen) atoms. The van der Waals surface area contributed by atoms with Gasteiger partial charge < -0.3 is 20.5 Å². The third-order valence-corrected chi connectivity index (χ3v) is 4.44. The lowest BCUT2D eigenvalue weighted by atomic mass is 9.84. The van der Waals surface area contributed by atoms with Gasteiger partial charge in [0.25, 0.3) is 0 Å². The Labute approximate surface area is 141 Å². The van der Waals surface area contributed by atoms with Gasteiger partial charge in [-0.1, -0.05) is 27.2 Å². The van der Waals surface area contributed by atoms with E-state index < -0.39 is 5.60 Å². The molecule has 1 saturated carbocycles. The molecule has 5 nitrogen and oxygen atoms in total. The van der Waals surface area contributed by atoms with Crippen LogP contribution < -0.4 is 10.6 Å². The Bertz CT molecular complexity index is 371. The molecule has 1 rings (SSSR count). The van der Waals surface area contributed by atoms with Gasteiger partial charge in [0.15, 0.2) is 0 Å². The molecular formula is C18H36N2O3. The number of hydrogen-bond donors (Lipinski definition) is 3. The lowest BCUT2D eigenvalue weighted by Gasteiger charge is -2.35. The summed E-state index contributed by atoms with van der Waals surface area (Å²) in [6, 6.07) is 0.667. The van der Waals surface area contributed by atoms with Crippen molar-refractivity contribution >= 4 is 6.09 Å². The number of rotatable bonds is 6.